The summed E-state index contributed by atoms with van der Waals surface area (Å²) in [5.41, 5.74) is 2.11. The lowest BCUT2D eigenvalue weighted by Gasteiger charge is -2.24. The molecular formula is C19H19ClF3N5O3. The number of nitrogens with one attached hydrogen (secondary N) is 3. The lowest BCUT2D eigenvalue weighted by Crippen LogP contribution is -2.43. The number of hydrogen-bond donors (Lipinski definition) is 3. The van der Waals surface area contributed by atoms with Crippen molar-refractivity contribution in [3.63, 3.8) is 0 Å². The second-order valence-electron chi connectivity index (χ2n) is 5.95. The molecule has 0 radical (unpaired) electrons. The van der Waals surface area contributed by atoms with Crippen LogP contribution in [0, 0.1) is 0 Å². The lowest BCUT2D eigenvalue weighted by molar-refractivity contribution is -0.138. The second kappa shape index (κ2) is 10.5. The van der Waals surface area contributed by atoms with E-state index in [1.54, 1.807) is 37.3 Å². The number of aromatic nitrogens is 1. The first kappa shape index (κ1) is 23.8. The molecule has 0 spiro atoms. The van der Waals surface area contributed by atoms with E-state index in [4.69, 9.17) is 16.3 Å². The molecule has 0 bridgehead atoms. The van der Waals surface area contributed by atoms with Gasteiger partial charge in [-0.15, -0.1) is 0 Å². The molecule has 1 aromatic heterocycles. The van der Waals surface area contributed by atoms with Gasteiger partial charge < -0.3 is 10.1 Å². The molecule has 31 heavy (non-hydrogen) atoms. The van der Waals surface area contributed by atoms with Crippen molar-refractivity contribution in [2.45, 2.75) is 13.1 Å². The van der Waals surface area contributed by atoms with Crippen molar-refractivity contribution in [2.75, 3.05) is 24.0 Å². The van der Waals surface area contributed by atoms with Gasteiger partial charge in [-0.2, -0.15) is 13.2 Å². The van der Waals surface area contributed by atoms with Crippen molar-refractivity contribution in [2.24, 2.45) is 0 Å². The Labute approximate surface area is 181 Å². The first-order valence-electron chi connectivity index (χ1n) is 8.84. The number of para-hydroxylation sites is 1. The van der Waals surface area contributed by atoms with E-state index in [-0.39, 0.29) is 23.3 Å². The Bertz CT molecular complexity index is 955. The van der Waals surface area contributed by atoms with E-state index in [1.807, 2.05) is 0 Å². The Kier molecular flexibility index (Phi) is 8.08. The zero-order valence-corrected chi connectivity index (χ0v) is 17.2. The smallest absolute Gasteiger partial charge is 0.417 e. The van der Waals surface area contributed by atoms with E-state index in [2.05, 4.69) is 21.0 Å². The molecule has 166 valence electrons. The Balaban J connectivity index is 2.18. The maximum atomic E-state index is 12.8. The van der Waals surface area contributed by atoms with Crippen LogP contribution >= 0.6 is 11.6 Å². The van der Waals surface area contributed by atoms with Gasteiger partial charge in [0.25, 0.3) is 0 Å². The van der Waals surface area contributed by atoms with Gasteiger partial charge in [0.2, 0.25) is 0 Å². The Hall–Kier alpha value is -3.47. The fourth-order valence-corrected chi connectivity index (χ4v) is 2.56. The first-order valence-corrected chi connectivity index (χ1v) is 9.22. The third-order valence-electron chi connectivity index (χ3n) is 3.58. The summed E-state index contributed by atoms with van der Waals surface area (Å²) < 4.78 is 43.2. The van der Waals surface area contributed by atoms with Crippen LogP contribution in [0.5, 0.6) is 0 Å². The number of ether oxygens (including phenoxy) is 1. The highest BCUT2D eigenvalue weighted by Crippen LogP contribution is 2.32. The molecule has 2 rings (SSSR count). The zero-order chi connectivity index (χ0) is 23.0. The normalized spacial score (nSPS) is 11.5. The average Bonchev–Trinajstić information content (AvgIpc) is 2.67. The van der Waals surface area contributed by atoms with Crippen LogP contribution in [-0.4, -0.2) is 30.6 Å². The molecule has 1 aromatic carbocycles. The summed E-state index contributed by atoms with van der Waals surface area (Å²) in [4.78, 5) is 27.8. The van der Waals surface area contributed by atoms with E-state index in [9.17, 15) is 22.8 Å². The number of nitrogens with zero attached hydrogens (tertiary/aromatic N) is 2. The van der Waals surface area contributed by atoms with Gasteiger partial charge in [0.1, 0.15) is 5.82 Å². The number of urea groups is 1. The summed E-state index contributed by atoms with van der Waals surface area (Å²) in [5, 5.41) is 5.81. The number of alkyl halides is 3. The van der Waals surface area contributed by atoms with Gasteiger partial charge in [-0.25, -0.2) is 14.6 Å². The van der Waals surface area contributed by atoms with E-state index >= 15 is 0 Å². The molecule has 0 saturated carbocycles. The number of esters is 1. The van der Waals surface area contributed by atoms with Crippen LogP contribution in [-0.2, 0) is 15.7 Å². The van der Waals surface area contributed by atoms with Crippen LogP contribution in [0.4, 0.5) is 29.5 Å². The van der Waals surface area contributed by atoms with Crippen LogP contribution in [0.1, 0.15) is 12.5 Å². The molecule has 12 heteroatoms. The third-order valence-corrected chi connectivity index (χ3v) is 3.86. The van der Waals surface area contributed by atoms with Crippen LogP contribution < -0.4 is 21.1 Å². The molecule has 0 atom stereocenters. The maximum Gasteiger partial charge on any atom is 0.417 e. The highest BCUT2D eigenvalue weighted by molar-refractivity contribution is 6.33. The monoisotopic (exact) mass is 457 g/mol. The minimum Gasteiger partial charge on any atom is -0.463 e. The molecule has 2 aromatic rings. The minimum absolute atomic E-state index is 0.0744. The molecule has 1 heterocycles. The number of pyridine rings is 1. The summed E-state index contributed by atoms with van der Waals surface area (Å²) in [6.07, 6.45) is -3.03. The zero-order valence-electron chi connectivity index (χ0n) is 16.5. The maximum absolute atomic E-state index is 12.8. The largest absolute Gasteiger partial charge is 0.463 e. The van der Waals surface area contributed by atoms with E-state index < -0.39 is 23.7 Å². The SMILES string of the molecule is CCOC(=O)C=C(NC(=O)Nc1ccccc1)NN(C)c1ncc(C(F)(F)F)cc1Cl. The molecule has 0 aliphatic heterocycles. The predicted octanol–water partition coefficient (Wildman–Crippen LogP) is 3.92. The highest BCUT2D eigenvalue weighted by Gasteiger charge is 2.32. The topological polar surface area (TPSA) is 95.6 Å². The van der Waals surface area contributed by atoms with Gasteiger partial charge in [-0.3, -0.25) is 15.8 Å². The highest BCUT2D eigenvalue weighted by atomic mass is 35.5. The number of amides is 2. The summed E-state index contributed by atoms with van der Waals surface area (Å²) >= 11 is 5.93. The number of carbonyl (C=O) groups excluding carboxylic acids is 2. The van der Waals surface area contributed by atoms with Gasteiger partial charge in [0.05, 0.1) is 23.3 Å². The summed E-state index contributed by atoms with van der Waals surface area (Å²) in [7, 11) is 1.39. The molecule has 0 fully saturated rings. The van der Waals surface area contributed by atoms with Crippen LogP contribution in [0.25, 0.3) is 0 Å². The third kappa shape index (κ3) is 7.37. The van der Waals surface area contributed by atoms with Crippen LogP contribution in [0.2, 0.25) is 5.02 Å². The molecule has 0 aliphatic carbocycles. The quantitative estimate of drug-likeness (QED) is 0.331. The van der Waals surface area contributed by atoms with Crippen molar-refractivity contribution in [3.8, 4) is 0 Å². The molecule has 3 N–H and O–H groups in total. The predicted molar refractivity (Wildman–Crippen MR) is 109 cm³/mol. The Morgan fingerprint density at radius 1 is 1.26 bits per heavy atom. The molecule has 0 unspecified atom stereocenters. The standard InChI is InChI=1S/C19H19ClF3N5O3/c1-3-31-16(29)10-15(26-18(30)25-13-7-5-4-6-8-13)27-28(2)17-14(20)9-12(11-24-17)19(21,22)23/h4-11,27H,3H2,1-2H3,(H2,25,26,30). The average molecular weight is 458 g/mol. The Morgan fingerprint density at radius 3 is 2.52 bits per heavy atom. The fourth-order valence-electron chi connectivity index (χ4n) is 2.27. The Morgan fingerprint density at radius 2 is 1.94 bits per heavy atom. The second-order valence-corrected chi connectivity index (χ2v) is 6.36. The van der Waals surface area contributed by atoms with Crippen molar-refractivity contribution < 1.29 is 27.5 Å². The van der Waals surface area contributed by atoms with E-state index in [0.717, 1.165) is 11.1 Å². The lowest BCUT2D eigenvalue weighted by atomic mass is 10.3. The van der Waals surface area contributed by atoms with Crippen LogP contribution in [0.3, 0.4) is 0 Å². The fraction of sp³-hybridized carbons (Fsp3) is 0.211. The molecule has 8 nitrogen and oxygen atoms in total. The van der Waals surface area contributed by atoms with Gasteiger partial charge in [-0.05, 0) is 25.1 Å². The number of rotatable bonds is 7. The summed E-state index contributed by atoms with van der Waals surface area (Å²) in [5.74, 6) is -0.966. The van der Waals surface area contributed by atoms with Crippen LogP contribution in [0.15, 0.2) is 54.5 Å². The van der Waals surface area contributed by atoms with Gasteiger partial charge in [0.15, 0.2) is 5.82 Å². The van der Waals surface area contributed by atoms with Crippen molar-refractivity contribution in [1.29, 1.82) is 0 Å². The number of halogens is 4. The first-order chi connectivity index (χ1) is 14.6. The number of hydrogen-bond acceptors (Lipinski definition) is 6. The number of hydrazine groups is 1. The van der Waals surface area contributed by atoms with Crippen molar-refractivity contribution in [1.82, 2.24) is 15.7 Å². The van der Waals surface area contributed by atoms with Gasteiger partial charge in [0, 0.05) is 18.9 Å². The van der Waals surface area contributed by atoms with Gasteiger partial charge >= 0.3 is 18.2 Å². The minimum atomic E-state index is -4.60. The molecule has 0 saturated heterocycles. The molecule has 2 amide bonds. The summed E-state index contributed by atoms with van der Waals surface area (Å²) in [6, 6.07) is 8.54. The van der Waals surface area contributed by atoms with Crippen molar-refractivity contribution >= 4 is 35.1 Å². The van der Waals surface area contributed by atoms with E-state index in [0.29, 0.717) is 18.0 Å². The van der Waals surface area contributed by atoms with Gasteiger partial charge in [-0.1, -0.05) is 29.8 Å². The number of benzene rings is 1. The molecular weight excluding hydrogens is 439 g/mol. The number of carbonyl (C=O) groups is 2. The van der Waals surface area contributed by atoms with Crippen molar-refractivity contribution in [3.05, 3.63) is 65.1 Å². The number of anilines is 2. The van der Waals surface area contributed by atoms with E-state index in [1.165, 1.54) is 7.05 Å². The molecule has 0 aliphatic rings. The summed E-state index contributed by atoms with van der Waals surface area (Å²) in [6.45, 7) is 1.70.